The summed E-state index contributed by atoms with van der Waals surface area (Å²) in [4.78, 5) is 18.1. The molecule has 5 nitrogen and oxygen atoms in total. The molecule has 1 fully saturated rings. The van der Waals surface area contributed by atoms with Crippen LogP contribution in [0.25, 0.3) is 11.1 Å². The van der Waals surface area contributed by atoms with Crippen LogP contribution in [0.1, 0.15) is 34.2 Å². The first kappa shape index (κ1) is 26.8. The second kappa shape index (κ2) is 10.8. The van der Waals surface area contributed by atoms with Crippen molar-refractivity contribution >= 4 is 30.9 Å². The quantitative estimate of drug-likeness (QED) is 0.466. The summed E-state index contributed by atoms with van der Waals surface area (Å²) in [6.45, 7) is 1.05. The first-order chi connectivity index (χ1) is 15.9. The van der Waals surface area contributed by atoms with Crippen LogP contribution in [0.2, 0.25) is 0 Å². The molecule has 1 aliphatic carbocycles. The van der Waals surface area contributed by atoms with Crippen molar-refractivity contribution in [2.75, 3.05) is 26.2 Å². The number of hydrogen-bond acceptors (Lipinski definition) is 4. The standard InChI is InChI=1S/C25H22F3N3O2.2ClH/c26-25(27,28)22-13-29-10-9-20(22)23-14-30-11-12-31(23)24(32)33-15-21-18-7-3-1-5-16(18)17-6-2-4-8-19(17)21;;/h1-10,13,21,23,30H,11-12,14-15H2;2*1H. The monoisotopic (exact) mass is 525 g/mol. The average Bonchev–Trinajstić information content (AvgIpc) is 3.16. The van der Waals surface area contributed by atoms with E-state index in [4.69, 9.17) is 4.74 Å². The highest BCUT2D eigenvalue weighted by Gasteiger charge is 2.39. The third-order valence-corrected chi connectivity index (χ3v) is 6.33. The molecule has 0 saturated carbocycles. The smallest absolute Gasteiger partial charge is 0.418 e. The van der Waals surface area contributed by atoms with Gasteiger partial charge in [-0.3, -0.25) is 9.88 Å². The van der Waals surface area contributed by atoms with Gasteiger partial charge in [0.15, 0.2) is 0 Å². The van der Waals surface area contributed by atoms with Crippen LogP contribution in [0.15, 0.2) is 67.0 Å². The number of fused-ring (bicyclic) bond motifs is 3. The molecule has 1 saturated heterocycles. The minimum atomic E-state index is -4.56. The third-order valence-electron chi connectivity index (χ3n) is 6.33. The van der Waals surface area contributed by atoms with Gasteiger partial charge in [0, 0.05) is 37.9 Å². The summed E-state index contributed by atoms with van der Waals surface area (Å²) >= 11 is 0. The van der Waals surface area contributed by atoms with Crippen LogP contribution in [0.5, 0.6) is 0 Å². The van der Waals surface area contributed by atoms with Gasteiger partial charge in [-0.2, -0.15) is 13.2 Å². The molecule has 35 heavy (non-hydrogen) atoms. The number of alkyl halides is 3. The molecule has 2 aliphatic rings. The highest BCUT2D eigenvalue weighted by molar-refractivity contribution is 5.85. The Hall–Kier alpha value is -2.81. The van der Waals surface area contributed by atoms with E-state index in [1.54, 1.807) is 0 Å². The summed E-state index contributed by atoms with van der Waals surface area (Å²) in [5.74, 6) is -0.116. The summed E-state index contributed by atoms with van der Waals surface area (Å²) in [5, 5.41) is 3.08. The predicted octanol–water partition coefficient (Wildman–Crippen LogP) is 5.84. The highest BCUT2D eigenvalue weighted by atomic mass is 35.5. The van der Waals surface area contributed by atoms with E-state index in [-0.39, 0.29) is 56.0 Å². The number of piperazine rings is 1. The molecule has 0 radical (unpaired) electrons. The Bertz CT molecular complexity index is 1150. The number of halogens is 5. The van der Waals surface area contributed by atoms with Crippen LogP contribution in [0.4, 0.5) is 18.0 Å². The minimum Gasteiger partial charge on any atom is -0.448 e. The number of nitrogens with zero attached hydrogens (tertiary/aromatic N) is 2. The van der Waals surface area contributed by atoms with E-state index in [2.05, 4.69) is 10.3 Å². The Labute approximate surface area is 213 Å². The molecule has 1 N–H and O–H groups in total. The Morgan fingerprint density at radius 2 is 1.63 bits per heavy atom. The third kappa shape index (κ3) is 5.10. The largest absolute Gasteiger partial charge is 0.448 e. The molecule has 2 aromatic carbocycles. The van der Waals surface area contributed by atoms with Crippen LogP contribution in [-0.4, -0.2) is 42.2 Å². The lowest BCUT2D eigenvalue weighted by Gasteiger charge is -2.36. The molecule has 2 heterocycles. The van der Waals surface area contributed by atoms with Crippen molar-refractivity contribution in [3.63, 3.8) is 0 Å². The summed E-state index contributed by atoms with van der Waals surface area (Å²) in [6, 6.07) is 16.5. The Kier molecular flexibility index (Phi) is 8.30. The van der Waals surface area contributed by atoms with Crippen molar-refractivity contribution in [2.24, 2.45) is 0 Å². The number of aromatic nitrogens is 1. The maximum atomic E-state index is 13.6. The topological polar surface area (TPSA) is 54.5 Å². The van der Waals surface area contributed by atoms with E-state index in [1.807, 2.05) is 48.5 Å². The fraction of sp³-hybridized carbons (Fsp3) is 0.280. The number of hydrogen-bond donors (Lipinski definition) is 1. The van der Waals surface area contributed by atoms with Crippen LogP contribution in [-0.2, 0) is 10.9 Å². The highest BCUT2D eigenvalue weighted by Crippen LogP contribution is 2.44. The summed E-state index contributed by atoms with van der Waals surface area (Å²) < 4.78 is 46.4. The molecule has 3 aromatic rings. The number of ether oxygens (including phenoxy) is 1. The van der Waals surface area contributed by atoms with E-state index in [0.717, 1.165) is 28.5 Å². The van der Waals surface area contributed by atoms with Gasteiger partial charge < -0.3 is 10.1 Å². The number of rotatable bonds is 3. The van der Waals surface area contributed by atoms with Crippen molar-refractivity contribution in [2.45, 2.75) is 18.1 Å². The van der Waals surface area contributed by atoms with Crippen molar-refractivity contribution < 1.29 is 22.7 Å². The molecule has 10 heteroatoms. The molecule has 1 atom stereocenters. The van der Waals surface area contributed by atoms with Gasteiger partial charge >= 0.3 is 12.3 Å². The molecular weight excluding hydrogens is 502 g/mol. The van der Waals surface area contributed by atoms with E-state index in [9.17, 15) is 18.0 Å². The molecule has 1 unspecified atom stereocenters. The van der Waals surface area contributed by atoms with Gasteiger partial charge in [-0.25, -0.2) is 4.79 Å². The number of carbonyl (C=O) groups excluding carboxylic acids is 1. The maximum Gasteiger partial charge on any atom is 0.418 e. The molecule has 0 spiro atoms. The van der Waals surface area contributed by atoms with Gasteiger partial charge in [0.1, 0.15) is 6.61 Å². The molecule has 1 aromatic heterocycles. The second-order valence-electron chi connectivity index (χ2n) is 8.18. The second-order valence-corrected chi connectivity index (χ2v) is 8.18. The molecule has 1 amide bonds. The molecule has 5 rings (SSSR count). The Morgan fingerprint density at radius 1 is 1.00 bits per heavy atom. The zero-order chi connectivity index (χ0) is 23.0. The van der Waals surface area contributed by atoms with Gasteiger partial charge in [-0.15, -0.1) is 24.8 Å². The summed E-state index contributed by atoms with van der Waals surface area (Å²) in [7, 11) is 0. The minimum absolute atomic E-state index is 0. The Balaban J connectivity index is 0.00000171. The number of pyridine rings is 1. The average molecular weight is 526 g/mol. The lowest BCUT2D eigenvalue weighted by Crippen LogP contribution is -2.49. The number of amides is 1. The summed E-state index contributed by atoms with van der Waals surface area (Å²) in [5.41, 5.74) is 3.56. The normalized spacial score (nSPS) is 17.0. The van der Waals surface area contributed by atoms with Crippen LogP contribution >= 0.6 is 24.8 Å². The van der Waals surface area contributed by atoms with E-state index < -0.39 is 23.9 Å². The molecule has 1 aliphatic heterocycles. The number of carbonyl (C=O) groups is 1. The van der Waals surface area contributed by atoms with Crippen LogP contribution in [0, 0.1) is 0 Å². The van der Waals surface area contributed by atoms with Crippen molar-refractivity contribution in [1.82, 2.24) is 15.2 Å². The lowest BCUT2D eigenvalue weighted by molar-refractivity contribution is -0.139. The van der Waals surface area contributed by atoms with Gasteiger partial charge in [0.05, 0.1) is 11.6 Å². The lowest BCUT2D eigenvalue weighted by atomic mass is 9.98. The first-order valence-corrected chi connectivity index (χ1v) is 10.8. The van der Waals surface area contributed by atoms with E-state index in [0.29, 0.717) is 6.54 Å². The zero-order valence-corrected chi connectivity index (χ0v) is 20.1. The fourth-order valence-corrected chi connectivity index (χ4v) is 4.81. The van der Waals surface area contributed by atoms with Gasteiger partial charge in [-0.05, 0) is 33.9 Å². The zero-order valence-electron chi connectivity index (χ0n) is 18.5. The van der Waals surface area contributed by atoms with E-state index in [1.165, 1.54) is 17.2 Å². The molecular formula is C25H24Cl2F3N3O2. The predicted molar refractivity (Wildman–Crippen MR) is 131 cm³/mol. The van der Waals surface area contributed by atoms with Crippen molar-refractivity contribution in [1.29, 1.82) is 0 Å². The van der Waals surface area contributed by atoms with Crippen LogP contribution < -0.4 is 5.32 Å². The SMILES string of the molecule is Cl.Cl.O=C(OCC1c2ccccc2-c2ccccc21)N1CCNCC1c1ccncc1C(F)(F)F. The fourth-order valence-electron chi connectivity index (χ4n) is 4.81. The number of nitrogens with one attached hydrogen (secondary N) is 1. The van der Waals surface area contributed by atoms with Gasteiger partial charge in [0.25, 0.3) is 0 Å². The molecule has 186 valence electrons. The number of benzene rings is 2. The van der Waals surface area contributed by atoms with Gasteiger partial charge in [0.2, 0.25) is 0 Å². The van der Waals surface area contributed by atoms with Crippen LogP contribution in [0.3, 0.4) is 0 Å². The van der Waals surface area contributed by atoms with Gasteiger partial charge in [-0.1, -0.05) is 48.5 Å². The Morgan fingerprint density at radius 3 is 2.26 bits per heavy atom. The van der Waals surface area contributed by atoms with Crippen molar-refractivity contribution in [3.05, 3.63) is 89.2 Å². The molecule has 0 bridgehead atoms. The summed E-state index contributed by atoms with van der Waals surface area (Å²) in [6.07, 6.45) is -3.06. The first-order valence-electron chi connectivity index (χ1n) is 10.8. The maximum absolute atomic E-state index is 13.6. The van der Waals surface area contributed by atoms with E-state index >= 15 is 0 Å². The van der Waals surface area contributed by atoms with Crippen molar-refractivity contribution in [3.8, 4) is 11.1 Å².